The van der Waals surface area contributed by atoms with Crippen LogP contribution in [0, 0.1) is 5.92 Å². The molecule has 0 heterocycles. The molecule has 1 nitrogen and oxygen atoms in total. The van der Waals surface area contributed by atoms with Gasteiger partial charge >= 0.3 is 0 Å². The van der Waals surface area contributed by atoms with Crippen LogP contribution in [0.15, 0.2) is 42.5 Å². The molecule has 2 aliphatic rings. The van der Waals surface area contributed by atoms with Crippen molar-refractivity contribution >= 4 is 5.57 Å². The Balaban J connectivity index is 1.92. The van der Waals surface area contributed by atoms with Crippen molar-refractivity contribution in [3.63, 3.8) is 0 Å². The first-order valence-corrected chi connectivity index (χ1v) is 7.90. The van der Waals surface area contributed by atoms with Crippen molar-refractivity contribution in [1.29, 1.82) is 0 Å². The van der Waals surface area contributed by atoms with E-state index in [0.717, 1.165) is 19.4 Å². The monoisotopic (exact) mass is 275 g/mol. The molecular weight excluding hydrogens is 254 g/mol. The lowest BCUT2D eigenvalue weighted by Crippen LogP contribution is -2.21. The molecule has 1 atom stereocenters. The highest BCUT2D eigenvalue weighted by atomic mass is 14.5. The maximum Gasteiger partial charge on any atom is -0.00108 e. The molecule has 0 spiro atoms. The van der Waals surface area contributed by atoms with Crippen LogP contribution in [0.4, 0.5) is 0 Å². The Morgan fingerprint density at radius 2 is 1.76 bits per heavy atom. The van der Waals surface area contributed by atoms with E-state index >= 15 is 0 Å². The van der Waals surface area contributed by atoms with Crippen molar-refractivity contribution in [1.82, 2.24) is 0 Å². The summed E-state index contributed by atoms with van der Waals surface area (Å²) in [6.45, 7) is 2.97. The van der Waals surface area contributed by atoms with E-state index in [1.165, 1.54) is 34.2 Å². The summed E-state index contributed by atoms with van der Waals surface area (Å²) in [6, 6.07) is 13.5. The highest BCUT2D eigenvalue weighted by Crippen LogP contribution is 2.40. The van der Waals surface area contributed by atoms with Gasteiger partial charge in [-0.25, -0.2) is 0 Å². The first kappa shape index (κ1) is 12.8. The van der Waals surface area contributed by atoms with Crippen LogP contribution in [-0.4, -0.2) is 6.54 Å². The molecule has 0 amide bonds. The standard InChI is InChI=1S/C20H21N/c1-13-10-14(12-21)11-20-16(13)8-9-18-17-5-3-2-4-15(17)6-7-19(18)20/h2-5,8-10,14H,6-7,11-12,21H2,1H3. The van der Waals surface area contributed by atoms with Crippen molar-refractivity contribution in [3.8, 4) is 11.1 Å². The van der Waals surface area contributed by atoms with E-state index in [1.54, 1.807) is 11.1 Å². The second-order valence-corrected chi connectivity index (χ2v) is 6.32. The molecule has 0 bridgehead atoms. The van der Waals surface area contributed by atoms with E-state index in [-0.39, 0.29) is 0 Å². The lowest BCUT2D eigenvalue weighted by atomic mass is 9.76. The van der Waals surface area contributed by atoms with Gasteiger partial charge in [0.2, 0.25) is 0 Å². The zero-order valence-corrected chi connectivity index (χ0v) is 12.5. The summed E-state index contributed by atoms with van der Waals surface area (Å²) in [4.78, 5) is 0. The van der Waals surface area contributed by atoms with Gasteiger partial charge in [0.05, 0.1) is 0 Å². The van der Waals surface area contributed by atoms with Crippen molar-refractivity contribution in [2.45, 2.75) is 26.2 Å². The van der Waals surface area contributed by atoms with Gasteiger partial charge in [0, 0.05) is 0 Å². The van der Waals surface area contributed by atoms with Gasteiger partial charge in [0.15, 0.2) is 0 Å². The van der Waals surface area contributed by atoms with Crippen LogP contribution in [0.2, 0.25) is 0 Å². The molecule has 2 aromatic rings. The average Bonchev–Trinajstić information content (AvgIpc) is 2.54. The smallest absolute Gasteiger partial charge is 0.00108 e. The predicted octanol–water partition coefficient (Wildman–Crippen LogP) is 3.99. The van der Waals surface area contributed by atoms with Crippen molar-refractivity contribution in [2.24, 2.45) is 11.7 Å². The van der Waals surface area contributed by atoms with Crippen molar-refractivity contribution in [3.05, 3.63) is 64.7 Å². The number of fused-ring (bicyclic) bond motifs is 5. The highest BCUT2D eigenvalue weighted by Gasteiger charge is 2.24. The SMILES string of the molecule is CC1=CC(CN)Cc2c1ccc1c2CCc2ccccc2-1. The molecule has 0 aromatic heterocycles. The molecule has 1 unspecified atom stereocenters. The molecule has 2 aliphatic carbocycles. The Morgan fingerprint density at radius 3 is 2.62 bits per heavy atom. The van der Waals surface area contributed by atoms with Crippen LogP contribution in [0.3, 0.4) is 0 Å². The third-order valence-electron chi connectivity index (χ3n) is 5.06. The van der Waals surface area contributed by atoms with Gasteiger partial charge < -0.3 is 5.73 Å². The van der Waals surface area contributed by atoms with Crippen LogP contribution >= 0.6 is 0 Å². The summed E-state index contributed by atoms with van der Waals surface area (Å²) < 4.78 is 0. The fourth-order valence-corrected chi connectivity index (χ4v) is 4.01. The van der Waals surface area contributed by atoms with Crippen molar-refractivity contribution in [2.75, 3.05) is 6.54 Å². The van der Waals surface area contributed by atoms with Gasteiger partial charge in [0.1, 0.15) is 0 Å². The second-order valence-electron chi connectivity index (χ2n) is 6.32. The quantitative estimate of drug-likeness (QED) is 0.837. The highest BCUT2D eigenvalue weighted by molar-refractivity contribution is 5.80. The number of benzene rings is 2. The summed E-state index contributed by atoms with van der Waals surface area (Å²) in [5.74, 6) is 0.501. The maximum absolute atomic E-state index is 5.93. The minimum Gasteiger partial charge on any atom is -0.330 e. The molecule has 0 saturated carbocycles. The number of hydrogen-bond donors (Lipinski definition) is 1. The van der Waals surface area contributed by atoms with Gasteiger partial charge in [-0.1, -0.05) is 42.5 Å². The predicted molar refractivity (Wildman–Crippen MR) is 89.2 cm³/mol. The van der Waals surface area contributed by atoms with E-state index in [1.807, 2.05) is 0 Å². The van der Waals surface area contributed by atoms with Gasteiger partial charge in [-0.15, -0.1) is 0 Å². The topological polar surface area (TPSA) is 26.0 Å². The third kappa shape index (κ3) is 1.96. The number of aryl methyl sites for hydroxylation is 1. The van der Waals surface area contributed by atoms with Gasteiger partial charge in [-0.2, -0.15) is 0 Å². The summed E-state index contributed by atoms with van der Waals surface area (Å²) in [7, 11) is 0. The molecule has 0 saturated heterocycles. The maximum atomic E-state index is 5.93. The first-order valence-electron chi connectivity index (χ1n) is 7.90. The Morgan fingerprint density at radius 1 is 0.952 bits per heavy atom. The van der Waals surface area contributed by atoms with Crippen LogP contribution in [-0.2, 0) is 19.3 Å². The van der Waals surface area contributed by atoms with E-state index < -0.39 is 0 Å². The Bertz CT molecular complexity index is 739. The summed E-state index contributed by atoms with van der Waals surface area (Å²) in [5, 5.41) is 0. The molecule has 0 aliphatic heterocycles. The Hall–Kier alpha value is -1.86. The lowest BCUT2D eigenvalue weighted by molar-refractivity contribution is 0.645. The molecule has 1 heteroatoms. The van der Waals surface area contributed by atoms with Gasteiger partial charge in [-0.05, 0) is 77.6 Å². The minimum atomic E-state index is 0.501. The van der Waals surface area contributed by atoms with E-state index in [0.29, 0.717) is 5.92 Å². The molecule has 2 N–H and O–H groups in total. The zero-order valence-electron chi connectivity index (χ0n) is 12.5. The Labute approximate surface area is 126 Å². The molecule has 4 rings (SSSR count). The van der Waals surface area contributed by atoms with Crippen LogP contribution in [0.5, 0.6) is 0 Å². The fourth-order valence-electron chi connectivity index (χ4n) is 4.01. The van der Waals surface area contributed by atoms with Crippen LogP contribution in [0.25, 0.3) is 16.7 Å². The molecular formula is C20H21N. The van der Waals surface area contributed by atoms with Crippen molar-refractivity contribution < 1.29 is 0 Å². The normalized spacial score (nSPS) is 19.3. The lowest BCUT2D eigenvalue weighted by Gasteiger charge is -2.29. The number of rotatable bonds is 1. The molecule has 0 radical (unpaired) electrons. The summed E-state index contributed by atoms with van der Waals surface area (Å²) in [6.07, 6.45) is 5.79. The van der Waals surface area contributed by atoms with Gasteiger partial charge in [-0.3, -0.25) is 0 Å². The molecule has 0 fully saturated rings. The summed E-state index contributed by atoms with van der Waals surface area (Å²) in [5.41, 5.74) is 16.3. The fraction of sp³-hybridized carbons (Fsp3) is 0.300. The number of nitrogens with two attached hydrogens (primary N) is 1. The molecule has 2 aromatic carbocycles. The van der Waals surface area contributed by atoms with Gasteiger partial charge in [0.25, 0.3) is 0 Å². The largest absolute Gasteiger partial charge is 0.330 e. The minimum absolute atomic E-state index is 0.501. The zero-order chi connectivity index (χ0) is 14.4. The van der Waals surface area contributed by atoms with E-state index in [9.17, 15) is 0 Å². The average molecular weight is 275 g/mol. The Kier molecular flexibility index (Phi) is 2.97. The second kappa shape index (κ2) is 4.85. The number of hydrogen-bond acceptors (Lipinski definition) is 1. The van der Waals surface area contributed by atoms with Crippen LogP contribution < -0.4 is 5.73 Å². The molecule has 106 valence electrons. The van der Waals surface area contributed by atoms with Crippen LogP contribution in [0.1, 0.15) is 29.2 Å². The molecule has 21 heavy (non-hydrogen) atoms. The first-order chi connectivity index (χ1) is 10.3. The summed E-state index contributed by atoms with van der Waals surface area (Å²) >= 11 is 0. The third-order valence-corrected chi connectivity index (χ3v) is 5.06. The number of allylic oxidation sites excluding steroid dienone is 1. The van der Waals surface area contributed by atoms with E-state index in [4.69, 9.17) is 5.73 Å². The van der Waals surface area contributed by atoms with E-state index in [2.05, 4.69) is 49.4 Å².